The number of nitrogens with zero attached hydrogens (tertiary/aromatic N) is 3. The molecule has 0 saturated carbocycles. The summed E-state index contributed by atoms with van der Waals surface area (Å²) in [5.74, 6) is 0. The fraction of sp³-hybridized carbons (Fsp3) is 0.0714. The van der Waals surface area contributed by atoms with Crippen LogP contribution in [0.5, 0.6) is 0 Å². The molecule has 0 amide bonds. The Balaban J connectivity index is 2.19. The smallest absolute Gasteiger partial charge is 0.279 e. The molecule has 0 fully saturated rings. The van der Waals surface area contributed by atoms with Gasteiger partial charge in [-0.25, -0.2) is 0 Å². The van der Waals surface area contributed by atoms with Gasteiger partial charge >= 0.3 is 0 Å². The van der Waals surface area contributed by atoms with E-state index < -0.39 is 4.92 Å². The maximum absolute atomic E-state index is 12.4. The Kier molecular flexibility index (Phi) is 2.64. The maximum Gasteiger partial charge on any atom is 0.279 e. The summed E-state index contributed by atoms with van der Waals surface area (Å²) < 4.78 is 3.24. The molecule has 3 aromatic rings. The number of fused-ring (bicyclic) bond motifs is 1. The molecule has 0 aliphatic carbocycles. The van der Waals surface area contributed by atoms with Gasteiger partial charge in [0.1, 0.15) is 5.52 Å². The second-order valence-corrected chi connectivity index (χ2v) is 4.49. The third-order valence-corrected chi connectivity index (χ3v) is 3.27. The van der Waals surface area contributed by atoms with Gasteiger partial charge in [-0.2, -0.15) is 0 Å². The van der Waals surface area contributed by atoms with Gasteiger partial charge in [0.2, 0.25) is 0 Å². The number of nitro benzene ring substituents is 1. The minimum absolute atomic E-state index is 0.00161. The summed E-state index contributed by atoms with van der Waals surface area (Å²) >= 11 is 0. The second-order valence-electron chi connectivity index (χ2n) is 4.49. The van der Waals surface area contributed by atoms with Gasteiger partial charge in [-0.1, -0.05) is 0 Å². The monoisotopic (exact) mass is 269 g/mol. The van der Waals surface area contributed by atoms with Crippen molar-refractivity contribution in [1.82, 2.24) is 9.13 Å². The summed E-state index contributed by atoms with van der Waals surface area (Å²) in [6, 6.07) is 9.62. The van der Waals surface area contributed by atoms with Crippen LogP contribution in [0.25, 0.3) is 16.6 Å². The number of hydrogen-bond acceptors (Lipinski definition) is 3. The number of aromatic nitrogens is 2. The molecular weight excluding hydrogens is 258 g/mol. The highest BCUT2D eigenvalue weighted by Crippen LogP contribution is 2.16. The fourth-order valence-electron chi connectivity index (χ4n) is 2.23. The predicted molar refractivity (Wildman–Crippen MR) is 75.2 cm³/mol. The van der Waals surface area contributed by atoms with E-state index in [1.807, 2.05) is 25.4 Å². The minimum atomic E-state index is -0.465. The van der Waals surface area contributed by atoms with Crippen LogP contribution in [0.3, 0.4) is 0 Å². The van der Waals surface area contributed by atoms with E-state index in [0.29, 0.717) is 11.2 Å². The predicted octanol–water partition coefficient (Wildman–Crippen LogP) is 2.24. The molecular formula is C14H11N3O3. The molecule has 0 aliphatic rings. The van der Waals surface area contributed by atoms with Crippen LogP contribution in [-0.2, 0) is 7.05 Å². The number of hydrogen-bond donors (Lipinski definition) is 0. The van der Waals surface area contributed by atoms with Crippen LogP contribution in [0, 0.1) is 10.1 Å². The van der Waals surface area contributed by atoms with Crippen LogP contribution in [0.15, 0.2) is 53.6 Å². The molecule has 20 heavy (non-hydrogen) atoms. The molecule has 0 radical (unpaired) electrons. The normalized spacial score (nSPS) is 10.8. The number of benzene rings is 1. The Hall–Kier alpha value is -2.89. The number of nitro groups is 1. The third kappa shape index (κ3) is 1.78. The molecule has 0 N–H and O–H groups in total. The molecule has 0 bridgehead atoms. The van der Waals surface area contributed by atoms with Crippen LogP contribution >= 0.6 is 0 Å². The Morgan fingerprint density at radius 2 is 1.70 bits per heavy atom. The van der Waals surface area contributed by atoms with Gasteiger partial charge in [-0.3, -0.25) is 19.5 Å². The molecule has 2 aromatic heterocycles. The van der Waals surface area contributed by atoms with Crippen LogP contribution in [-0.4, -0.2) is 14.1 Å². The SMILES string of the molecule is Cn1ccc2ccn(-c3ccc([N+](=O)[O-])cc3)c(=O)c21. The van der Waals surface area contributed by atoms with Crippen molar-refractivity contribution in [3.05, 3.63) is 69.3 Å². The van der Waals surface area contributed by atoms with Crippen molar-refractivity contribution in [2.75, 3.05) is 0 Å². The van der Waals surface area contributed by atoms with Gasteiger partial charge in [0.15, 0.2) is 0 Å². The summed E-state index contributed by atoms with van der Waals surface area (Å²) in [6.45, 7) is 0. The zero-order valence-electron chi connectivity index (χ0n) is 10.7. The first-order valence-corrected chi connectivity index (χ1v) is 5.99. The molecule has 0 saturated heterocycles. The zero-order chi connectivity index (χ0) is 14.3. The van der Waals surface area contributed by atoms with Crippen LogP contribution in [0.1, 0.15) is 0 Å². The van der Waals surface area contributed by atoms with E-state index >= 15 is 0 Å². The van der Waals surface area contributed by atoms with Gasteiger partial charge in [0.05, 0.1) is 4.92 Å². The largest absolute Gasteiger partial charge is 0.346 e. The van der Waals surface area contributed by atoms with Crippen LogP contribution in [0.4, 0.5) is 5.69 Å². The van der Waals surface area contributed by atoms with Crippen molar-refractivity contribution in [2.24, 2.45) is 7.05 Å². The molecule has 6 nitrogen and oxygen atoms in total. The van der Waals surface area contributed by atoms with Crippen LogP contribution < -0.4 is 5.56 Å². The quantitative estimate of drug-likeness (QED) is 0.529. The van der Waals surface area contributed by atoms with E-state index in [9.17, 15) is 14.9 Å². The molecule has 100 valence electrons. The van der Waals surface area contributed by atoms with E-state index in [1.165, 1.54) is 16.7 Å². The summed E-state index contributed by atoms with van der Waals surface area (Å²) in [6.07, 6.45) is 3.50. The minimum Gasteiger partial charge on any atom is -0.346 e. The Bertz CT molecular complexity index is 859. The second kappa shape index (κ2) is 4.34. The number of pyridine rings is 1. The average Bonchev–Trinajstić information content (AvgIpc) is 2.82. The number of rotatable bonds is 2. The summed E-state index contributed by atoms with van der Waals surface area (Å²) in [4.78, 5) is 22.6. The van der Waals surface area contributed by atoms with E-state index in [4.69, 9.17) is 0 Å². The lowest BCUT2D eigenvalue weighted by atomic mass is 10.2. The van der Waals surface area contributed by atoms with Crippen molar-refractivity contribution >= 4 is 16.6 Å². The fourth-order valence-corrected chi connectivity index (χ4v) is 2.23. The van der Waals surface area contributed by atoms with E-state index in [-0.39, 0.29) is 11.2 Å². The van der Waals surface area contributed by atoms with Crippen molar-refractivity contribution in [1.29, 1.82) is 0 Å². The summed E-state index contributed by atoms with van der Waals surface area (Å²) in [5.41, 5.74) is 1.06. The lowest BCUT2D eigenvalue weighted by molar-refractivity contribution is -0.384. The third-order valence-electron chi connectivity index (χ3n) is 3.27. The molecule has 0 spiro atoms. The first-order valence-electron chi connectivity index (χ1n) is 5.99. The van der Waals surface area contributed by atoms with Gasteiger partial charge in [-0.15, -0.1) is 0 Å². The van der Waals surface area contributed by atoms with E-state index in [2.05, 4.69) is 0 Å². The molecule has 6 heteroatoms. The van der Waals surface area contributed by atoms with Crippen LogP contribution in [0.2, 0.25) is 0 Å². The van der Waals surface area contributed by atoms with Crippen molar-refractivity contribution in [2.45, 2.75) is 0 Å². The van der Waals surface area contributed by atoms with Crippen molar-refractivity contribution in [3.8, 4) is 5.69 Å². The highest BCUT2D eigenvalue weighted by atomic mass is 16.6. The van der Waals surface area contributed by atoms with Gasteiger partial charge in [-0.05, 0) is 24.3 Å². The highest BCUT2D eigenvalue weighted by molar-refractivity contribution is 5.79. The lowest BCUT2D eigenvalue weighted by Crippen LogP contribution is -2.19. The lowest BCUT2D eigenvalue weighted by Gasteiger charge is -2.06. The van der Waals surface area contributed by atoms with Gasteiger partial charge < -0.3 is 4.57 Å². The maximum atomic E-state index is 12.4. The standard InChI is InChI=1S/C14H11N3O3/c1-15-8-6-10-7-9-16(14(18)13(10)15)11-2-4-12(5-3-11)17(19)20/h2-9H,1H3. The summed E-state index contributed by atoms with van der Waals surface area (Å²) in [5, 5.41) is 11.5. The van der Waals surface area contributed by atoms with E-state index in [1.54, 1.807) is 22.9 Å². The topological polar surface area (TPSA) is 70.1 Å². The average molecular weight is 269 g/mol. The number of aryl methyl sites for hydroxylation is 1. The molecule has 0 aliphatic heterocycles. The molecule has 3 rings (SSSR count). The first-order chi connectivity index (χ1) is 9.58. The molecule has 1 aromatic carbocycles. The molecule has 0 unspecified atom stereocenters. The van der Waals surface area contributed by atoms with Gasteiger partial charge in [0, 0.05) is 42.6 Å². The Morgan fingerprint density at radius 1 is 1.05 bits per heavy atom. The number of non-ortho nitro benzene ring substituents is 1. The molecule has 0 atom stereocenters. The first kappa shape index (κ1) is 12.2. The molecule has 2 heterocycles. The highest BCUT2D eigenvalue weighted by Gasteiger charge is 2.09. The zero-order valence-corrected chi connectivity index (χ0v) is 10.7. The Labute approximate surface area is 113 Å². The van der Waals surface area contributed by atoms with Crippen molar-refractivity contribution in [3.63, 3.8) is 0 Å². The van der Waals surface area contributed by atoms with E-state index in [0.717, 1.165) is 5.39 Å². The Morgan fingerprint density at radius 3 is 2.35 bits per heavy atom. The van der Waals surface area contributed by atoms with Crippen molar-refractivity contribution < 1.29 is 4.92 Å². The summed E-state index contributed by atoms with van der Waals surface area (Å²) in [7, 11) is 1.81. The van der Waals surface area contributed by atoms with Gasteiger partial charge in [0.25, 0.3) is 11.2 Å².